The van der Waals surface area contributed by atoms with Crippen LogP contribution < -0.4 is 5.73 Å². The summed E-state index contributed by atoms with van der Waals surface area (Å²) < 4.78 is 0. The van der Waals surface area contributed by atoms with Gasteiger partial charge in [-0.3, -0.25) is 9.88 Å². The minimum absolute atomic E-state index is 0.134. The number of nitrogens with two attached hydrogens (primary N) is 1. The van der Waals surface area contributed by atoms with E-state index in [1.165, 1.54) is 31.2 Å². The Morgan fingerprint density at radius 1 is 1.39 bits per heavy atom. The maximum atomic E-state index is 6.24. The number of aromatic nitrogens is 1. The van der Waals surface area contributed by atoms with Crippen LogP contribution in [0.1, 0.15) is 51.1 Å². The molecule has 0 spiro atoms. The highest BCUT2D eigenvalue weighted by Crippen LogP contribution is 2.29. The molecule has 2 rings (SSSR count). The van der Waals surface area contributed by atoms with Crippen molar-refractivity contribution >= 4 is 0 Å². The fraction of sp³-hybridized carbons (Fsp3) is 0.667. The average molecular weight is 247 g/mol. The largest absolute Gasteiger partial charge is 0.326 e. The normalized spacial score (nSPS) is 25.4. The van der Waals surface area contributed by atoms with E-state index >= 15 is 0 Å². The number of likely N-dealkylation sites (tertiary alicyclic amines) is 1. The van der Waals surface area contributed by atoms with Gasteiger partial charge in [-0.15, -0.1) is 0 Å². The zero-order valence-electron chi connectivity index (χ0n) is 11.5. The van der Waals surface area contributed by atoms with Crippen LogP contribution in [0.15, 0.2) is 24.5 Å². The smallest absolute Gasteiger partial charge is 0.0514 e. The summed E-state index contributed by atoms with van der Waals surface area (Å²) in [5, 5.41) is 0. The molecule has 3 atom stereocenters. The van der Waals surface area contributed by atoms with Crippen molar-refractivity contribution in [2.24, 2.45) is 5.73 Å². The third kappa shape index (κ3) is 3.09. The molecule has 1 aliphatic heterocycles. The summed E-state index contributed by atoms with van der Waals surface area (Å²) in [4.78, 5) is 6.83. The minimum atomic E-state index is 0.134. The highest BCUT2D eigenvalue weighted by Gasteiger charge is 2.28. The predicted molar refractivity (Wildman–Crippen MR) is 75.3 cm³/mol. The molecule has 0 aromatic carbocycles. The molecule has 1 fully saturated rings. The van der Waals surface area contributed by atoms with E-state index in [0.717, 1.165) is 6.54 Å². The van der Waals surface area contributed by atoms with Gasteiger partial charge in [-0.2, -0.15) is 0 Å². The highest BCUT2D eigenvalue weighted by molar-refractivity contribution is 5.16. The van der Waals surface area contributed by atoms with Gasteiger partial charge in [-0.25, -0.2) is 0 Å². The number of hydrogen-bond donors (Lipinski definition) is 1. The third-order valence-corrected chi connectivity index (χ3v) is 3.99. The monoisotopic (exact) mass is 247 g/mol. The van der Waals surface area contributed by atoms with Crippen molar-refractivity contribution in [2.75, 3.05) is 6.54 Å². The van der Waals surface area contributed by atoms with Gasteiger partial charge in [0.15, 0.2) is 0 Å². The number of hydrogen-bond acceptors (Lipinski definition) is 3. The Balaban J connectivity index is 2.23. The highest BCUT2D eigenvalue weighted by atomic mass is 15.2. The van der Waals surface area contributed by atoms with Crippen molar-refractivity contribution < 1.29 is 0 Å². The van der Waals surface area contributed by atoms with Crippen molar-refractivity contribution in [2.45, 2.75) is 57.7 Å². The van der Waals surface area contributed by atoms with Gasteiger partial charge in [0.1, 0.15) is 0 Å². The van der Waals surface area contributed by atoms with Crippen LogP contribution in [0.2, 0.25) is 0 Å². The molecule has 0 aliphatic carbocycles. The number of pyridine rings is 1. The molecule has 3 heteroatoms. The summed E-state index contributed by atoms with van der Waals surface area (Å²) in [5.41, 5.74) is 7.49. The lowest BCUT2D eigenvalue weighted by Crippen LogP contribution is -2.44. The van der Waals surface area contributed by atoms with Gasteiger partial charge in [0.25, 0.3) is 0 Å². The second-order valence-electron chi connectivity index (χ2n) is 5.53. The Hall–Kier alpha value is -0.930. The van der Waals surface area contributed by atoms with Gasteiger partial charge in [0, 0.05) is 24.5 Å². The van der Waals surface area contributed by atoms with Gasteiger partial charge in [0.2, 0.25) is 0 Å². The molecule has 1 aromatic heterocycles. The Labute approximate surface area is 110 Å². The molecule has 1 aromatic rings. The van der Waals surface area contributed by atoms with Crippen LogP contribution in [0.25, 0.3) is 0 Å². The Kier molecular flexibility index (Phi) is 4.72. The molecule has 1 aliphatic rings. The van der Waals surface area contributed by atoms with Crippen LogP contribution in [0.3, 0.4) is 0 Å². The SMILES string of the molecule is CC(N)C(c1cccnc1)N1CCCCCC1C. The summed E-state index contributed by atoms with van der Waals surface area (Å²) in [5.74, 6) is 0. The Bertz CT molecular complexity index is 350. The molecule has 2 N–H and O–H groups in total. The van der Waals surface area contributed by atoms with E-state index in [1.807, 2.05) is 18.5 Å². The molecule has 0 radical (unpaired) electrons. The molecule has 3 unspecified atom stereocenters. The van der Waals surface area contributed by atoms with E-state index in [2.05, 4.69) is 29.8 Å². The van der Waals surface area contributed by atoms with Gasteiger partial charge in [0.05, 0.1) is 6.04 Å². The van der Waals surface area contributed by atoms with Gasteiger partial charge < -0.3 is 5.73 Å². The first-order valence-corrected chi connectivity index (χ1v) is 7.11. The van der Waals surface area contributed by atoms with Crippen molar-refractivity contribution in [1.29, 1.82) is 0 Å². The summed E-state index contributed by atoms with van der Waals surface area (Å²) in [6.07, 6.45) is 9.05. The first kappa shape index (κ1) is 13.5. The van der Waals surface area contributed by atoms with Crippen LogP contribution in [0.4, 0.5) is 0 Å². The summed E-state index contributed by atoms with van der Waals surface area (Å²) in [7, 11) is 0. The third-order valence-electron chi connectivity index (χ3n) is 3.99. The van der Waals surface area contributed by atoms with Gasteiger partial charge >= 0.3 is 0 Å². The van der Waals surface area contributed by atoms with Crippen molar-refractivity contribution in [3.63, 3.8) is 0 Å². The molecule has 18 heavy (non-hydrogen) atoms. The summed E-state index contributed by atoms with van der Waals surface area (Å²) in [6.45, 7) is 5.59. The van der Waals surface area contributed by atoms with E-state index in [4.69, 9.17) is 5.73 Å². The maximum Gasteiger partial charge on any atom is 0.0514 e. The standard InChI is InChI=1S/C15H25N3/c1-12-7-4-3-5-10-18(12)15(13(2)16)14-8-6-9-17-11-14/h6,8-9,11-13,15H,3-5,7,10,16H2,1-2H3. The lowest BCUT2D eigenvalue weighted by molar-refractivity contribution is 0.130. The Morgan fingerprint density at radius 2 is 2.22 bits per heavy atom. The molecular weight excluding hydrogens is 222 g/mol. The fourth-order valence-corrected chi connectivity index (χ4v) is 3.06. The quantitative estimate of drug-likeness (QED) is 0.893. The Morgan fingerprint density at radius 3 is 2.89 bits per heavy atom. The van der Waals surface area contributed by atoms with E-state index in [9.17, 15) is 0 Å². The van der Waals surface area contributed by atoms with E-state index in [1.54, 1.807) is 0 Å². The molecule has 100 valence electrons. The zero-order chi connectivity index (χ0) is 13.0. The van der Waals surface area contributed by atoms with Gasteiger partial charge in [-0.1, -0.05) is 18.9 Å². The average Bonchev–Trinajstić information content (AvgIpc) is 2.56. The lowest BCUT2D eigenvalue weighted by atomic mass is 9.98. The van der Waals surface area contributed by atoms with E-state index < -0.39 is 0 Å². The van der Waals surface area contributed by atoms with Crippen molar-refractivity contribution in [1.82, 2.24) is 9.88 Å². The van der Waals surface area contributed by atoms with Crippen LogP contribution in [-0.4, -0.2) is 28.5 Å². The minimum Gasteiger partial charge on any atom is -0.326 e. The molecule has 0 saturated carbocycles. The second kappa shape index (κ2) is 6.30. The molecular formula is C15H25N3. The topological polar surface area (TPSA) is 42.1 Å². The van der Waals surface area contributed by atoms with Crippen LogP contribution in [0, 0.1) is 0 Å². The van der Waals surface area contributed by atoms with E-state index in [0.29, 0.717) is 12.1 Å². The van der Waals surface area contributed by atoms with Gasteiger partial charge in [-0.05, 0) is 44.9 Å². The molecule has 3 nitrogen and oxygen atoms in total. The maximum absolute atomic E-state index is 6.24. The van der Waals surface area contributed by atoms with Crippen LogP contribution in [-0.2, 0) is 0 Å². The number of rotatable bonds is 3. The lowest BCUT2D eigenvalue weighted by Gasteiger charge is -2.37. The molecule has 1 saturated heterocycles. The van der Waals surface area contributed by atoms with Crippen molar-refractivity contribution in [3.05, 3.63) is 30.1 Å². The second-order valence-corrected chi connectivity index (χ2v) is 5.53. The predicted octanol–water partition coefficient (Wildman–Crippen LogP) is 2.73. The summed E-state index contributed by atoms with van der Waals surface area (Å²) >= 11 is 0. The first-order chi connectivity index (χ1) is 8.70. The first-order valence-electron chi connectivity index (χ1n) is 7.11. The van der Waals surface area contributed by atoms with Crippen molar-refractivity contribution in [3.8, 4) is 0 Å². The van der Waals surface area contributed by atoms with Crippen LogP contribution in [0.5, 0.6) is 0 Å². The molecule has 0 bridgehead atoms. The fourth-order valence-electron chi connectivity index (χ4n) is 3.06. The van der Waals surface area contributed by atoms with Crippen LogP contribution >= 0.6 is 0 Å². The van der Waals surface area contributed by atoms with E-state index in [-0.39, 0.29) is 6.04 Å². The summed E-state index contributed by atoms with van der Waals surface area (Å²) in [6, 6.07) is 5.21. The molecule has 2 heterocycles. The number of nitrogens with zero attached hydrogens (tertiary/aromatic N) is 2. The zero-order valence-corrected chi connectivity index (χ0v) is 11.5. The molecule has 0 amide bonds.